The van der Waals surface area contributed by atoms with Gasteiger partial charge in [-0.25, -0.2) is 4.39 Å². The zero-order chi connectivity index (χ0) is 9.14. The van der Waals surface area contributed by atoms with Gasteiger partial charge in [-0.3, -0.25) is 4.79 Å². The highest BCUT2D eigenvalue weighted by Crippen LogP contribution is 2.16. The Kier molecular flexibility index (Phi) is 2.43. The molecule has 1 aromatic rings. The Balaban J connectivity index is 2.89. The second-order valence-electron chi connectivity index (χ2n) is 2.68. The second kappa shape index (κ2) is 3.34. The summed E-state index contributed by atoms with van der Waals surface area (Å²) in [5.41, 5.74) is 6.13. The highest BCUT2D eigenvalue weighted by atomic mass is 19.1. The van der Waals surface area contributed by atoms with E-state index in [1.807, 2.05) is 6.92 Å². The van der Waals surface area contributed by atoms with Crippen molar-refractivity contribution < 1.29 is 9.18 Å². The number of carbonyl (C=O) groups is 1. The van der Waals surface area contributed by atoms with Crippen LogP contribution in [0.1, 0.15) is 17.3 Å². The van der Waals surface area contributed by atoms with Gasteiger partial charge < -0.3 is 5.73 Å². The molecule has 0 aliphatic carbocycles. The smallest absolute Gasteiger partial charge is 0.256 e. The molecule has 64 valence electrons. The van der Waals surface area contributed by atoms with Crippen LogP contribution >= 0.6 is 0 Å². The van der Waals surface area contributed by atoms with Crippen molar-refractivity contribution in [3.05, 3.63) is 35.4 Å². The van der Waals surface area contributed by atoms with Crippen molar-refractivity contribution in [3.8, 4) is 0 Å². The SMILES string of the molecule is Cc1ccc(C(F)C(N)=O)cc1. The summed E-state index contributed by atoms with van der Waals surface area (Å²) in [6.07, 6.45) is -1.69. The summed E-state index contributed by atoms with van der Waals surface area (Å²) < 4.78 is 12.9. The molecule has 0 saturated heterocycles. The third-order valence-corrected chi connectivity index (χ3v) is 1.62. The fourth-order valence-corrected chi connectivity index (χ4v) is 0.900. The Morgan fingerprint density at radius 2 is 1.92 bits per heavy atom. The van der Waals surface area contributed by atoms with Crippen molar-refractivity contribution in [2.75, 3.05) is 0 Å². The second-order valence-corrected chi connectivity index (χ2v) is 2.68. The maximum atomic E-state index is 12.9. The fraction of sp³-hybridized carbons (Fsp3) is 0.222. The topological polar surface area (TPSA) is 43.1 Å². The van der Waals surface area contributed by atoms with Crippen LogP contribution in [0.2, 0.25) is 0 Å². The number of benzene rings is 1. The van der Waals surface area contributed by atoms with E-state index in [1.165, 1.54) is 0 Å². The monoisotopic (exact) mass is 167 g/mol. The molecule has 0 aromatic heterocycles. The van der Waals surface area contributed by atoms with Gasteiger partial charge in [0, 0.05) is 0 Å². The van der Waals surface area contributed by atoms with E-state index in [4.69, 9.17) is 5.73 Å². The Bertz CT molecular complexity index is 281. The third kappa shape index (κ3) is 1.81. The van der Waals surface area contributed by atoms with Gasteiger partial charge in [-0.1, -0.05) is 29.8 Å². The van der Waals surface area contributed by atoms with E-state index in [0.717, 1.165) is 5.56 Å². The van der Waals surface area contributed by atoms with Gasteiger partial charge >= 0.3 is 0 Å². The van der Waals surface area contributed by atoms with Gasteiger partial charge in [0.1, 0.15) is 0 Å². The lowest BCUT2D eigenvalue weighted by atomic mass is 10.1. The standard InChI is InChI=1S/C9H10FNO/c1-6-2-4-7(5-3-6)8(10)9(11)12/h2-5,8H,1H3,(H2,11,12). The van der Waals surface area contributed by atoms with Gasteiger partial charge in [0.25, 0.3) is 5.91 Å². The number of rotatable bonds is 2. The molecule has 0 bridgehead atoms. The average Bonchev–Trinajstić information content (AvgIpc) is 2.04. The van der Waals surface area contributed by atoms with Crippen molar-refractivity contribution in [2.45, 2.75) is 13.1 Å². The summed E-state index contributed by atoms with van der Waals surface area (Å²) in [6, 6.07) is 6.60. The minimum absolute atomic E-state index is 0.313. The number of alkyl halides is 1. The minimum Gasteiger partial charge on any atom is -0.367 e. The molecule has 0 aliphatic rings. The summed E-state index contributed by atoms with van der Waals surface area (Å²) >= 11 is 0. The number of amides is 1. The molecule has 0 saturated carbocycles. The molecule has 0 radical (unpaired) electrons. The molecule has 1 unspecified atom stereocenters. The Morgan fingerprint density at radius 1 is 1.42 bits per heavy atom. The Hall–Kier alpha value is -1.38. The summed E-state index contributed by atoms with van der Waals surface area (Å²) in [7, 11) is 0. The van der Waals surface area contributed by atoms with Crippen LogP contribution in [0.15, 0.2) is 24.3 Å². The van der Waals surface area contributed by atoms with Crippen molar-refractivity contribution in [2.24, 2.45) is 5.73 Å². The normalized spacial score (nSPS) is 12.5. The van der Waals surface area contributed by atoms with E-state index in [0.29, 0.717) is 5.56 Å². The van der Waals surface area contributed by atoms with Gasteiger partial charge in [-0.15, -0.1) is 0 Å². The van der Waals surface area contributed by atoms with E-state index in [2.05, 4.69) is 0 Å². The number of primary amides is 1. The van der Waals surface area contributed by atoms with Crippen LogP contribution in [0.3, 0.4) is 0 Å². The van der Waals surface area contributed by atoms with E-state index >= 15 is 0 Å². The summed E-state index contributed by atoms with van der Waals surface area (Å²) in [5, 5.41) is 0. The van der Waals surface area contributed by atoms with Crippen LogP contribution in [0.5, 0.6) is 0 Å². The minimum atomic E-state index is -1.69. The molecule has 1 amide bonds. The maximum Gasteiger partial charge on any atom is 0.256 e. The van der Waals surface area contributed by atoms with Crippen LogP contribution in [0.25, 0.3) is 0 Å². The molecule has 1 aromatic carbocycles. The zero-order valence-corrected chi connectivity index (χ0v) is 6.75. The van der Waals surface area contributed by atoms with Crippen molar-refractivity contribution >= 4 is 5.91 Å². The first-order valence-corrected chi connectivity index (χ1v) is 3.61. The van der Waals surface area contributed by atoms with Crippen LogP contribution in [-0.4, -0.2) is 5.91 Å². The van der Waals surface area contributed by atoms with Crippen LogP contribution in [0.4, 0.5) is 4.39 Å². The molecule has 1 atom stereocenters. The molecule has 0 fully saturated rings. The van der Waals surface area contributed by atoms with E-state index in [1.54, 1.807) is 24.3 Å². The lowest BCUT2D eigenvalue weighted by Crippen LogP contribution is -2.17. The molecule has 1 rings (SSSR count). The van der Waals surface area contributed by atoms with E-state index in [-0.39, 0.29) is 0 Å². The predicted molar refractivity (Wildman–Crippen MR) is 44.2 cm³/mol. The number of halogens is 1. The molecule has 2 nitrogen and oxygen atoms in total. The quantitative estimate of drug-likeness (QED) is 0.712. The van der Waals surface area contributed by atoms with Gasteiger partial charge in [0.2, 0.25) is 6.17 Å². The zero-order valence-electron chi connectivity index (χ0n) is 6.75. The van der Waals surface area contributed by atoms with Gasteiger partial charge in [-0.05, 0) is 12.5 Å². The first-order valence-electron chi connectivity index (χ1n) is 3.61. The first-order chi connectivity index (χ1) is 5.61. The highest BCUT2D eigenvalue weighted by molar-refractivity contribution is 5.80. The molecule has 0 aliphatic heterocycles. The predicted octanol–water partition coefficient (Wildman–Crippen LogP) is 1.49. The van der Waals surface area contributed by atoms with Crippen molar-refractivity contribution in [1.29, 1.82) is 0 Å². The van der Waals surface area contributed by atoms with Gasteiger partial charge in [-0.2, -0.15) is 0 Å². The van der Waals surface area contributed by atoms with Gasteiger partial charge in [0.05, 0.1) is 0 Å². The van der Waals surface area contributed by atoms with E-state index in [9.17, 15) is 9.18 Å². The molecule has 0 heterocycles. The summed E-state index contributed by atoms with van der Waals surface area (Å²) in [6.45, 7) is 1.89. The van der Waals surface area contributed by atoms with Crippen molar-refractivity contribution in [3.63, 3.8) is 0 Å². The largest absolute Gasteiger partial charge is 0.367 e. The first kappa shape index (κ1) is 8.71. The fourth-order valence-electron chi connectivity index (χ4n) is 0.900. The molecule has 12 heavy (non-hydrogen) atoms. The van der Waals surface area contributed by atoms with Crippen molar-refractivity contribution in [1.82, 2.24) is 0 Å². The van der Waals surface area contributed by atoms with Crippen LogP contribution in [-0.2, 0) is 4.79 Å². The summed E-state index contributed by atoms with van der Waals surface area (Å²) in [5.74, 6) is -0.946. The molecule has 2 N–H and O–H groups in total. The summed E-state index contributed by atoms with van der Waals surface area (Å²) in [4.78, 5) is 10.4. The maximum absolute atomic E-state index is 12.9. The number of carbonyl (C=O) groups excluding carboxylic acids is 1. The number of nitrogens with two attached hydrogens (primary N) is 1. The average molecular weight is 167 g/mol. The van der Waals surface area contributed by atoms with E-state index < -0.39 is 12.1 Å². The molecular formula is C9H10FNO. The lowest BCUT2D eigenvalue weighted by molar-refractivity contribution is -0.122. The number of hydrogen-bond donors (Lipinski definition) is 1. The third-order valence-electron chi connectivity index (χ3n) is 1.62. The number of aryl methyl sites for hydroxylation is 1. The Morgan fingerprint density at radius 3 is 2.33 bits per heavy atom. The highest BCUT2D eigenvalue weighted by Gasteiger charge is 2.14. The lowest BCUT2D eigenvalue weighted by Gasteiger charge is -2.03. The van der Waals surface area contributed by atoms with Gasteiger partial charge in [0.15, 0.2) is 0 Å². The Labute approximate surface area is 70.2 Å². The number of hydrogen-bond acceptors (Lipinski definition) is 1. The van der Waals surface area contributed by atoms with Crippen LogP contribution in [0, 0.1) is 6.92 Å². The molecule has 0 spiro atoms. The van der Waals surface area contributed by atoms with Crippen LogP contribution < -0.4 is 5.73 Å². The molecule has 3 heteroatoms. The molecular weight excluding hydrogens is 157 g/mol.